The van der Waals surface area contributed by atoms with Gasteiger partial charge in [0.2, 0.25) is 5.91 Å². The van der Waals surface area contributed by atoms with Crippen molar-refractivity contribution in [3.63, 3.8) is 0 Å². The fourth-order valence-electron chi connectivity index (χ4n) is 1.59. The SMILES string of the molecule is COCOc1ccc(/C=C/C(=O)Nc2cccnc2)cc1. The predicted octanol–water partition coefficient (Wildman–Crippen LogP) is 2.72. The van der Waals surface area contributed by atoms with Gasteiger partial charge in [-0.25, -0.2) is 0 Å². The van der Waals surface area contributed by atoms with Crippen LogP contribution >= 0.6 is 0 Å². The number of amides is 1. The lowest BCUT2D eigenvalue weighted by Crippen LogP contribution is -2.07. The summed E-state index contributed by atoms with van der Waals surface area (Å²) < 4.78 is 10.1. The number of ether oxygens (including phenoxy) is 2. The minimum atomic E-state index is -0.206. The molecule has 1 N–H and O–H groups in total. The van der Waals surface area contributed by atoms with Gasteiger partial charge in [-0.1, -0.05) is 12.1 Å². The second-order valence-electron chi connectivity index (χ2n) is 4.18. The van der Waals surface area contributed by atoms with Crippen LogP contribution in [0.15, 0.2) is 54.9 Å². The summed E-state index contributed by atoms with van der Waals surface area (Å²) in [5.74, 6) is 0.511. The van der Waals surface area contributed by atoms with Crippen LogP contribution in [0.3, 0.4) is 0 Å². The van der Waals surface area contributed by atoms with Gasteiger partial charge in [-0.15, -0.1) is 0 Å². The number of carbonyl (C=O) groups is 1. The lowest BCUT2D eigenvalue weighted by Gasteiger charge is -2.04. The number of methoxy groups -OCH3 is 1. The molecular formula is C16H16N2O3. The van der Waals surface area contributed by atoms with Crippen molar-refractivity contribution in [1.29, 1.82) is 0 Å². The molecule has 0 saturated carbocycles. The molecule has 0 bridgehead atoms. The molecule has 0 saturated heterocycles. The molecule has 0 aliphatic rings. The van der Waals surface area contributed by atoms with Gasteiger partial charge in [0.05, 0.1) is 11.9 Å². The van der Waals surface area contributed by atoms with Crippen molar-refractivity contribution >= 4 is 17.7 Å². The van der Waals surface area contributed by atoms with E-state index in [2.05, 4.69) is 10.3 Å². The molecule has 0 aliphatic carbocycles. The Labute approximate surface area is 123 Å². The topological polar surface area (TPSA) is 60.5 Å². The maximum Gasteiger partial charge on any atom is 0.248 e. The minimum Gasteiger partial charge on any atom is -0.468 e. The van der Waals surface area contributed by atoms with E-state index in [1.54, 1.807) is 37.7 Å². The minimum absolute atomic E-state index is 0.206. The number of aromatic nitrogens is 1. The third kappa shape index (κ3) is 5.08. The number of hydrogen-bond acceptors (Lipinski definition) is 4. The quantitative estimate of drug-likeness (QED) is 0.654. The van der Waals surface area contributed by atoms with Gasteiger partial charge < -0.3 is 14.8 Å². The molecule has 5 nitrogen and oxygen atoms in total. The zero-order valence-electron chi connectivity index (χ0n) is 11.7. The smallest absolute Gasteiger partial charge is 0.248 e. The first-order chi connectivity index (χ1) is 10.3. The molecule has 1 amide bonds. The Morgan fingerprint density at radius 1 is 1.29 bits per heavy atom. The van der Waals surface area contributed by atoms with Crippen molar-refractivity contribution in [2.75, 3.05) is 19.2 Å². The second kappa shape index (κ2) is 7.81. The number of pyridine rings is 1. The van der Waals surface area contributed by atoms with Crippen molar-refractivity contribution in [1.82, 2.24) is 4.98 Å². The average Bonchev–Trinajstić information content (AvgIpc) is 2.53. The van der Waals surface area contributed by atoms with Crippen molar-refractivity contribution in [3.05, 3.63) is 60.4 Å². The average molecular weight is 284 g/mol. The molecule has 0 aliphatic heterocycles. The monoisotopic (exact) mass is 284 g/mol. The summed E-state index contributed by atoms with van der Waals surface area (Å²) in [5, 5.41) is 2.72. The molecule has 0 spiro atoms. The largest absolute Gasteiger partial charge is 0.468 e. The highest BCUT2D eigenvalue weighted by molar-refractivity contribution is 6.01. The summed E-state index contributed by atoms with van der Waals surface area (Å²) in [7, 11) is 1.57. The number of nitrogens with one attached hydrogen (secondary N) is 1. The van der Waals surface area contributed by atoms with E-state index >= 15 is 0 Å². The van der Waals surface area contributed by atoms with Crippen molar-refractivity contribution in [2.24, 2.45) is 0 Å². The summed E-state index contributed by atoms with van der Waals surface area (Å²) in [5.41, 5.74) is 1.57. The molecular weight excluding hydrogens is 268 g/mol. The summed E-state index contributed by atoms with van der Waals surface area (Å²) >= 11 is 0. The van der Waals surface area contributed by atoms with E-state index in [0.717, 1.165) is 5.56 Å². The van der Waals surface area contributed by atoms with E-state index in [1.807, 2.05) is 24.3 Å². The number of benzene rings is 1. The third-order valence-electron chi connectivity index (χ3n) is 2.58. The zero-order valence-corrected chi connectivity index (χ0v) is 11.7. The Balaban J connectivity index is 1.89. The Hall–Kier alpha value is -2.66. The lowest BCUT2D eigenvalue weighted by atomic mass is 10.2. The van der Waals surface area contributed by atoms with E-state index in [0.29, 0.717) is 11.4 Å². The van der Waals surface area contributed by atoms with Gasteiger partial charge in [0.1, 0.15) is 5.75 Å². The third-order valence-corrected chi connectivity index (χ3v) is 2.58. The molecule has 0 atom stereocenters. The molecule has 2 rings (SSSR count). The number of rotatable bonds is 6. The zero-order chi connectivity index (χ0) is 14.9. The molecule has 0 fully saturated rings. The second-order valence-corrected chi connectivity index (χ2v) is 4.18. The van der Waals surface area contributed by atoms with E-state index < -0.39 is 0 Å². The van der Waals surface area contributed by atoms with Crippen LogP contribution in [0.25, 0.3) is 6.08 Å². The van der Waals surface area contributed by atoms with Gasteiger partial charge in [0, 0.05) is 19.4 Å². The Morgan fingerprint density at radius 2 is 2.10 bits per heavy atom. The van der Waals surface area contributed by atoms with Gasteiger partial charge >= 0.3 is 0 Å². The molecule has 1 aromatic heterocycles. The van der Waals surface area contributed by atoms with Crippen LogP contribution in [0, 0.1) is 0 Å². The molecule has 1 aromatic carbocycles. The summed E-state index contributed by atoms with van der Waals surface area (Å²) in [6, 6.07) is 10.9. The fourth-order valence-corrected chi connectivity index (χ4v) is 1.59. The lowest BCUT2D eigenvalue weighted by molar-refractivity contribution is -0.111. The van der Waals surface area contributed by atoms with Gasteiger partial charge in [-0.3, -0.25) is 9.78 Å². The molecule has 0 unspecified atom stereocenters. The molecule has 108 valence electrons. The Bertz CT molecular complexity index is 595. The molecule has 2 aromatic rings. The van der Waals surface area contributed by atoms with Gasteiger partial charge in [0.15, 0.2) is 6.79 Å². The maximum atomic E-state index is 11.7. The van der Waals surface area contributed by atoms with Gasteiger partial charge in [-0.2, -0.15) is 0 Å². The molecule has 1 heterocycles. The first-order valence-electron chi connectivity index (χ1n) is 6.39. The van der Waals surface area contributed by atoms with Crippen LogP contribution in [0.1, 0.15) is 5.56 Å². The molecule has 21 heavy (non-hydrogen) atoms. The van der Waals surface area contributed by atoms with Crippen LogP contribution in [-0.2, 0) is 9.53 Å². The predicted molar refractivity (Wildman–Crippen MR) is 80.8 cm³/mol. The normalized spacial score (nSPS) is 10.5. The highest BCUT2D eigenvalue weighted by atomic mass is 16.7. The number of hydrogen-bond donors (Lipinski definition) is 1. The van der Waals surface area contributed by atoms with E-state index in [4.69, 9.17) is 9.47 Å². The first kappa shape index (κ1) is 14.7. The standard InChI is InChI=1S/C16H16N2O3/c1-20-12-21-15-7-4-13(5-8-15)6-9-16(19)18-14-3-2-10-17-11-14/h2-11H,12H2,1H3,(H,18,19)/b9-6+. The molecule has 5 heteroatoms. The van der Waals surface area contributed by atoms with Crippen LogP contribution in [-0.4, -0.2) is 24.8 Å². The first-order valence-corrected chi connectivity index (χ1v) is 6.39. The van der Waals surface area contributed by atoms with Gasteiger partial charge in [-0.05, 0) is 35.9 Å². The fraction of sp³-hybridized carbons (Fsp3) is 0.125. The van der Waals surface area contributed by atoms with Crippen molar-refractivity contribution in [3.8, 4) is 5.75 Å². The highest BCUT2D eigenvalue weighted by Crippen LogP contribution is 2.13. The van der Waals surface area contributed by atoms with Crippen molar-refractivity contribution in [2.45, 2.75) is 0 Å². The summed E-state index contributed by atoms with van der Waals surface area (Å²) in [6.07, 6.45) is 6.44. The Kier molecular flexibility index (Phi) is 5.49. The van der Waals surface area contributed by atoms with Gasteiger partial charge in [0.25, 0.3) is 0 Å². The van der Waals surface area contributed by atoms with E-state index in [-0.39, 0.29) is 12.7 Å². The highest BCUT2D eigenvalue weighted by Gasteiger charge is 1.97. The van der Waals surface area contributed by atoms with Crippen LogP contribution < -0.4 is 10.1 Å². The summed E-state index contributed by atoms with van der Waals surface area (Å²) in [6.45, 7) is 0.211. The van der Waals surface area contributed by atoms with Crippen LogP contribution in [0.2, 0.25) is 0 Å². The molecule has 0 radical (unpaired) electrons. The van der Waals surface area contributed by atoms with Crippen molar-refractivity contribution < 1.29 is 14.3 Å². The summed E-state index contributed by atoms with van der Waals surface area (Å²) in [4.78, 5) is 15.7. The van der Waals surface area contributed by atoms with Crippen LogP contribution in [0.4, 0.5) is 5.69 Å². The number of carbonyl (C=O) groups excluding carboxylic acids is 1. The maximum absolute atomic E-state index is 11.7. The number of anilines is 1. The van der Waals surface area contributed by atoms with E-state index in [9.17, 15) is 4.79 Å². The Morgan fingerprint density at radius 3 is 2.76 bits per heavy atom. The number of nitrogens with zero attached hydrogens (tertiary/aromatic N) is 1. The van der Waals surface area contributed by atoms with Crippen LogP contribution in [0.5, 0.6) is 5.75 Å². The van der Waals surface area contributed by atoms with E-state index in [1.165, 1.54) is 6.08 Å².